The molecule has 2 aliphatic rings. The van der Waals surface area contributed by atoms with Gasteiger partial charge in [0.2, 0.25) is 5.91 Å². The van der Waals surface area contributed by atoms with E-state index in [1.54, 1.807) is 19.1 Å². The SMILES string of the molecule is CCOC(=O)CCCc1ccc(C#N)cc1NC(=O)[C@@H]1C[C@]12CCOc1ccc(I)cc12. The third-order valence-electron chi connectivity index (χ3n) is 6.30. The molecule has 1 spiro atoms. The Hall–Kier alpha value is -2.60. The van der Waals surface area contributed by atoms with Crippen molar-refractivity contribution in [3.63, 3.8) is 0 Å². The Kier molecular flexibility index (Phi) is 6.70. The summed E-state index contributed by atoms with van der Waals surface area (Å²) >= 11 is 2.29. The van der Waals surface area contributed by atoms with Gasteiger partial charge in [0, 0.05) is 32.6 Å². The van der Waals surface area contributed by atoms with E-state index < -0.39 is 0 Å². The fourth-order valence-corrected chi connectivity index (χ4v) is 5.07. The van der Waals surface area contributed by atoms with Crippen LogP contribution in [0.25, 0.3) is 0 Å². The Morgan fingerprint density at radius 1 is 1.31 bits per heavy atom. The van der Waals surface area contributed by atoms with Crippen molar-refractivity contribution in [2.75, 3.05) is 18.5 Å². The predicted octanol–water partition coefficient (Wildman–Crippen LogP) is 4.73. The van der Waals surface area contributed by atoms with Crippen LogP contribution in [-0.2, 0) is 26.2 Å². The first-order chi connectivity index (χ1) is 15.5. The molecule has 6 nitrogen and oxygen atoms in total. The third kappa shape index (κ3) is 4.60. The van der Waals surface area contributed by atoms with Gasteiger partial charge in [-0.3, -0.25) is 9.59 Å². The molecule has 1 amide bonds. The number of aryl methyl sites for hydroxylation is 1. The summed E-state index contributed by atoms with van der Waals surface area (Å²) in [5.74, 6) is 0.498. The average molecular weight is 544 g/mol. The molecule has 1 aliphatic heterocycles. The molecule has 0 unspecified atom stereocenters. The maximum atomic E-state index is 13.3. The van der Waals surface area contributed by atoms with Crippen LogP contribution in [-0.4, -0.2) is 25.1 Å². The molecular weight excluding hydrogens is 519 g/mol. The Bertz CT molecular complexity index is 1090. The molecule has 1 heterocycles. The largest absolute Gasteiger partial charge is 0.493 e. The Morgan fingerprint density at radius 3 is 2.94 bits per heavy atom. The molecular formula is C25H25IN2O4. The molecule has 1 fully saturated rings. The fraction of sp³-hybridized carbons (Fsp3) is 0.400. The topological polar surface area (TPSA) is 88.4 Å². The lowest BCUT2D eigenvalue weighted by atomic mass is 9.87. The summed E-state index contributed by atoms with van der Waals surface area (Å²) in [6.45, 7) is 2.77. The molecule has 4 rings (SSSR count). The maximum absolute atomic E-state index is 13.3. The highest BCUT2D eigenvalue weighted by Crippen LogP contribution is 2.61. The molecule has 32 heavy (non-hydrogen) atoms. The van der Waals surface area contributed by atoms with Crippen LogP contribution in [0.4, 0.5) is 5.69 Å². The Labute approximate surface area is 201 Å². The first kappa shape index (κ1) is 22.6. The van der Waals surface area contributed by atoms with E-state index in [1.165, 1.54) is 0 Å². The number of esters is 1. The molecule has 2 aromatic carbocycles. The zero-order chi connectivity index (χ0) is 22.7. The van der Waals surface area contributed by atoms with Crippen LogP contribution in [0.2, 0.25) is 0 Å². The Morgan fingerprint density at radius 2 is 2.16 bits per heavy atom. The number of benzene rings is 2. The van der Waals surface area contributed by atoms with Crippen molar-refractivity contribution in [2.45, 2.75) is 44.4 Å². The molecule has 0 saturated heterocycles. The van der Waals surface area contributed by atoms with E-state index in [2.05, 4.69) is 40.0 Å². The number of hydrogen-bond acceptors (Lipinski definition) is 5. The number of carbonyl (C=O) groups is 2. The van der Waals surface area contributed by atoms with Crippen molar-refractivity contribution in [2.24, 2.45) is 5.92 Å². The summed E-state index contributed by atoms with van der Waals surface area (Å²) in [5, 5.41) is 12.4. The molecule has 2 aromatic rings. The third-order valence-corrected chi connectivity index (χ3v) is 6.98. The first-order valence-electron chi connectivity index (χ1n) is 10.9. The van der Waals surface area contributed by atoms with Crippen molar-refractivity contribution in [1.29, 1.82) is 5.26 Å². The highest BCUT2D eigenvalue weighted by molar-refractivity contribution is 14.1. The normalized spacial score (nSPS) is 20.6. The van der Waals surface area contributed by atoms with E-state index in [4.69, 9.17) is 9.47 Å². The maximum Gasteiger partial charge on any atom is 0.305 e. The summed E-state index contributed by atoms with van der Waals surface area (Å²) in [6.07, 6.45) is 3.17. The van der Waals surface area contributed by atoms with Crippen molar-refractivity contribution < 1.29 is 19.1 Å². The monoisotopic (exact) mass is 544 g/mol. The second-order valence-electron chi connectivity index (χ2n) is 8.28. The number of anilines is 1. The van der Waals surface area contributed by atoms with Gasteiger partial charge >= 0.3 is 5.97 Å². The van der Waals surface area contributed by atoms with Gasteiger partial charge in [0.15, 0.2) is 0 Å². The standard InChI is InChI=1S/C25H25IN2O4/c1-2-31-23(29)5-3-4-17-7-6-16(15-27)12-21(17)28-24(30)20-14-25(20)10-11-32-22-9-8-18(26)13-19(22)25/h6-9,12-13,20H,2-5,10-11,14H2,1H3,(H,28,30)/t20-,25-/m0/s1. The minimum absolute atomic E-state index is 0.0292. The second-order valence-corrected chi connectivity index (χ2v) is 9.53. The van der Waals surface area contributed by atoms with E-state index in [0.29, 0.717) is 43.7 Å². The smallest absolute Gasteiger partial charge is 0.305 e. The summed E-state index contributed by atoms with van der Waals surface area (Å²) in [6, 6.07) is 13.6. The second kappa shape index (κ2) is 9.49. The van der Waals surface area contributed by atoms with Gasteiger partial charge in [0.25, 0.3) is 0 Å². The van der Waals surface area contributed by atoms with Crippen molar-refractivity contribution in [3.8, 4) is 11.8 Å². The predicted molar refractivity (Wildman–Crippen MR) is 128 cm³/mol. The van der Waals surface area contributed by atoms with Crippen LogP contribution in [0.5, 0.6) is 5.75 Å². The zero-order valence-electron chi connectivity index (χ0n) is 17.9. The number of rotatable bonds is 7. The molecule has 1 N–H and O–H groups in total. The van der Waals surface area contributed by atoms with Crippen molar-refractivity contribution >= 4 is 40.2 Å². The van der Waals surface area contributed by atoms with Crippen LogP contribution < -0.4 is 10.1 Å². The van der Waals surface area contributed by atoms with E-state index in [1.807, 2.05) is 18.2 Å². The quantitative estimate of drug-likeness (QED) is 0.403. The van der Waals surface area contributed by atoms with E-state index in [9.17, 15) is 14.9 Å². The number of nitriles is 1. The van der Waals surface area contributed by atoms with Crippen LogP contribution in [0.1, 0.15) is 49.3 Å². The average Bonchev–Trinajstić information content (AvgIpc) is 3.50. The summed E-state index contributed by atoms with van der Waals surface area (Å²) in [7, 11) is 0. The first-order valence-corrected chi connectivity index (χ1v) is 12.0. The Balaban J connectivity index is 1.49. The lowest BCUT2D eigenvalue weighted by molar-refractivity contribution is -0.143. The van der Waals surface area contributed by atoms with Crippen molar-refractivity contribution in [1.82, 2.24) is 0 Å². The lowest BCUT2D eigenvalue weighted by Gasteiger charge is -2.27. The van der Waals surface area contributed by atoms with Gasteiger partial charge in [-0.2, -0.15) is 5.26 Å². The van der Waals surface area contributed by atoms with E-state index in [-0.39, 0.29) is 23.2 Å². The van der Waals surface area contributed by atoms with E-state index >= 15 is 0 Å². The molecule has 1 aliphatic carbocycles. The van der Waals surface area contributed by atoms with Crippen molar-refractivity contribution in [3.05, 3.63) is 56.7 Å². The van der Waals surface area contributed by atoms with Gasteiger partial charge in [0.1, 0.15) is 5.75 Å². The molecule has 0 bridgehead atoms. The van der Waals surface area contributed by atoms with Crippen LogP contribution in [0.15, 0.2) is 36.4 Å². The van der Waals surface area contributed by atoms with Gasteiger partial charge in [-0.25, -0.2) is 0 Å². The number of ether oxygens (including phenoxy) is 2. The molecule has 0 aromatic heterocycles. The summed E-state index contributed by atoms with van der Waals surface area (Å²) in [4.78, 5) is 24.9. The molecule has 7 heteroatoms. The minimum Gasteiger partial charge on any atom is -0.493 e. The summed E-state index contributed by atoms with van der Waals surface area (Å²) in [5.41, 5.74) is 3.01. The number of nitrogens with zero attached hydrogens (tertiary/aromatic N) is 1. The highest BCUT2D eigenvalue weighted by atomic mass is 127. The zero-order valence-corrected chi connectivity index (χ0v) is 20.1. The van der Waals surface area contributed by atoms with Crippen LogP contribution in [0.3, 0.4) is 0 Å². The molecule has 166 valence electrons. The number of carbonyl (C=O) groups excluding carboxylic acids is 2. The van der Waals surface area contributed by atoms with Gasteiger partial charge < -0.3 is 14.8 Å². The lowest BCUT2D eigenvalue weighted by Crippen LogP contribution is -2.27. The van der Waals surface area contributed by atoms with Gasteiger partial charge in [-0.15, -0.1) is 0 Å². The van der Waals surface area contributed by atoms with Gasteiger partial charge in [0.05, 0.1) is 24.8 Å². The highest BCUT2D eigenvalue weighted by Gasteiger charge is 2.61. The number of hydrogen-bond donors (Lipinski definition) is 1. The number of amides is 1. The summed E-state index contributed by atoms with van der Waals surface area (Å²) < 4.78 is 11.9. The van der Waals surface area contributed by atoms with E-state index in [0.717, 1.165) is 33.3 Å². The molecule has 1 saturated carbocycles. The number of nitrogens with one attached hydrogen (secondary N) is 1. The number of halogens is 1. The number of fused-ring (bicyclic) bond motifs is 2. The van der Waals surface area contributed by atoms with Gasteiger partial charge in [-0.05, 0) is 91.1 Å². The van der Waals surface area contributed by atoms with Crippen LogP contribution >= 0.6 is 22.6 Å². The molecule has 0 radical (unpaired) electrons. The fourth-order valence-electron chi connectivity index (χ4n) is 4.57. The minimum atomic E-state index is -0.223. The van der Waals surface area contributed by atoms with Gasteiger partial charge in [-0.1, -0.05) is 6.07 Å². The van der Waals surface area contributed by atoms with Crippen LogP contribution in [0, 0.1) is 20.8 Å². The molecule has 2 atom stereocenters.